The van der Waals surface area contributed by atoms with Crippen LogP contribution in [0.4, 0.5) is 0 Å². The molecule has 50 heavy (non-hydrogen) atoms. The molecule has 8 rings (SSSR count). The second-order valence-corrected chi connectivity index (χ2v) is 15.4. The van der Waals surface area contributed by atoms with Gasteiger partial charge in [0.05, 0.1) is 36.0 Å². The van der Waals surface area contributed by atoms with Crippen LogP contribution in [-0.2, 0) is 28.4 Å². The Morgan fingerprint density at radius 3 is 2.08 bits per heavy atom. The Hall–Kier alpha value is -2.94. The van der Waals surface area contributed by atoms with E-state index in [-0.39, 0.29) is 18.6 Å². The summed E-state index contributed by atoms with van der Waals surface area (Å²) < 4.78 is 38.0. The highest BCUT2D eigenvalue weighted by atomic mass is 16.6. The van der Waals surface area contributed by atoms with Crippen molar-refractivity contribution in [3.8, 4) is 0 Å². The minimum absolute atomic E-state index is 0.0492. The molecule has 5 aliphatic carbocycles. The summed E-state index contributed by atoms with van der Waals surface area (Å²) in [6, 6.07) is 16.7. The Morgan fingerprint density at radius 2 is 1.50 bits per heavy atom. The Balaban J connectivity index is 1.41. The molecule has 6 fully saturated rings. The molecule has 0 aromatic heterocycles. The minimum atomic E-state index is -1.87. The normalized spacial score (nSPS) is 46.8. The number of carbonyl (C=O) groups excluding carboxylic acids is 2. The number of carbonyl (C=O) groups is 2. The van der Waals surface area contributed by atoms with Crippen molar-refractivity contribution in [2.45, 2.75) is 66.7 Å². The average Bonchev–Trinajstić information content (AvgIpc) is 3.51. The van der Waals surface area contributed by atoms with E-state index < -0.39 is 100 Å². The molecule has 5 saturated carbocycles. The Bertz CT molecular complexity index is 1630. The van der Waals surface area contributed by atoms with E-state index in [0.717, 1.165) is 0 Å². The first-order chi connectivity index (χ1) is 24.0. The molecule has 3 N–H and O–H groups in total. The van der Waals surface area contributed by atoms with E-state index in [2.05, 4.69) is 4.90 Å². The van der Waals surface area contributed by atoms with Crippen LogP contribution in [0.1, 0.15) is 33.6 Å². The third-order valence-electron chi connectivity index (χ3n) is 13.8. The number of methoxy groups -OCH3 is 4. The van der Waals surface area contributed by atoms with Crippen LogP contribution in [0.5, 0.6) is 0 Å². The van der Waals surface area contributed by atoms with Crippen LogP contribution >= 0.6 is 0 Å². The van der Waals surface area contributed by atoms with Crippen LogP contribution in [0.2, 0.25) is 0 Å². The van der Waals surface area contributed by atoms with Gasteiger partial charge in [0, 0.05) is 76.0 Å². The monoisotopic (exact) mass is 693 g/mol. The average molecular weight is 694 g/mol. The van der Waals surface area contributed by atoms with E-state index in [9.17, 15) is 24.9 Å². The molecular weight excluding hydrogens is 646 g/mol. The van der Waals surface area contributed by atoms with Crippen LogP contribution in [-0.4, -0.2) is 135 Å². The number of benzene rings is 2. The van der Waals surface area contributed by atoms with Crippen molar-refractivity contribution in [1.82, 2.24) is 4.90 Å². The van der Waals surface area contributed by atoms with Crippen molar-refractivity contribution in [2.75, 3.05) is 48.6 Å². The first-order valence-electron chi connectivity index (χ1n) is 17.4. The molecule has 6 aliphatic rings. The maximum Gasteiger partial charge on any atom is 0.338 e. The Kier molecular flexibility index (Phi) is 8.06. The lowest BCUT2D eigenvalue weighted by atomic mass is 9.42. The molecule has 2 aromatic carbocycles. The zero-order valence-corrected chi connectivity index (χ0v) is 29.0. The number of fused-ring (bicyclic) bond motifs is 2. The first kappa shape index (κ1) is 34.2. The maximum atomic E-state index is 14.4. The van der Waals surface area contributed by atoms with Crippen molar-refractivity contribution in [1.29, 1.82) is 0 Å². The van der Waals surface area contributed by atoms with Gasteiger partial charge in [-0.1, -0.05) is 36.4 Å². The lowest BCUT2D eigenvalue weighted by Crippen LogP contribution is -2.81. The molecule has 1 saturated heterocycles. The third-order valence-corrected chi connectivity index (χ3v) is 13.8. The summed E-state index contributed by atoms with van der Waals surface area (Å²) in [5.41, 5.74) is -4.74. The third kappa shape index (κ3) is 3.99. The molecule has 0 amide bonds. The van der Waals surface area contributed by atoms with Gasteiger partial charge in [0.15, 0.2) is 5.60 Å². The smallest absolute Gasteiger partial charge is 0.338 e. The van der Waals surface area contributed by atoms with Crippen LogP contribution in [0.25, 0.3) is 0 Å². The second kappa shape index (κ2) is 11.8. The lowest BCUT2D eigenvalue weighted by molar-refractivity contribution is -0.317. The van der Waals surface area contributed by atoms with Gasteiger partial charge < -0.3 is 48.6 Å². The molecular formula is C38H47NO11. The molecule has 1 spiro atoms. The zero-order chi connectivity index (χ0) is 35.4. The summed E-state index contributed by atoms with van der Waals surface area (Å²) in [5.74, 6) is -3.93. The summed E-state index contributed by atoms with van der Waals surface area (Å²) in [5, 5.41) is 37.8. The van der Waals surface area contributed by atoms with Crippen molar-refractivity contribution in [2.24, 2.45) is 34.5 Å². The molecule has 1 aliphatic heterocycles. The van der Waals surface area contributed by atoms with Crippen molar-refractivity contribution >= 4 is 11.9 Å². The largest absolute Gasteiger partial charge is 0.455 e. The zero-order valence-electron chi connectivity index (χ0n) is 29.0. The van der Waals surface area contributed by atoms with Crippen LogP contribution in [0.3, 0.4) is 0 Å². The van der Waals surface area contributed by atoms with Gasteiger partial charge in [0.1, 0.15) is 23.9 Å². The van der Waals surface area contributed by atoms with Crippen molar-refractivity contribution < 1.29 is 53.3 Å². The fraction of sp³-hybridized carbons (Fsp3) is 0.632. The van der Waals surface area contributed by atoms with E-state index in [1.807, 2.05) is 7.05 Å². The highest BCUT2D eigenvalue weighted by Gasteiger charge is 2.92. The first-order valence-corrected chi connectivity index (χ1v) is 17.4. The summed E-state index contributed by atoms with van der Waals surface area (Å²) in [7, 11) is 8.23. The van der Waals surface area contributed by atoms with Crippen molar-refractivity contribution in [3.05, 3.63) is 71.8 Å². The molecule has 15 atom stereocenters. The summed E-state index contributed by atoms with van der Waals surface area (Å²) in [6.07, 6.45) is -5.80. The highest BCUT2D eigenvalue weighted by Crippen LogP contribution is 2.80. The number of piperidine rings is 1. The second-order valence-electron chi connectivity index (χ2n) is 15.4. The van der Waals surface area contributed by atoms with Gasteiger partial charge >= 0.3 is 11.9 Å². The minimum Gasteiger partial charge on any atom is -0.455 e. The standard InChI is InChI=1S/C38H47NO11/c1-39-18-35(19-45-2)23(40)16-24(46-3)37-22-17-36(44)31(49-33(42)20-12-8-6-9-13-20)25(22)38(30(41)32(36)48-5,26(29(37)39)27(47-4)28(35)37)50-34(43)21-14-10-7-11-15-21/h6-15,22-32,40-41,44H,16-19H2,1-5H3/t22-,23-,24+,25-,26+,27+,28-,29+,30+,31-,32+,35+,36-,37+,38-/m1/s1. The number of rotatable bonds is 9. The number of likely N-dealkylation sites (tertiary alicyclic amines) is 1. The number of ether oxygens (including phenoxy) is 6. The molecule has 7 bridgehead atoms. The van der Waals surface area contributed by atoms with Gasteiger partial charge in [-0.3, -0.25) is 0 Å². The number of nitrogens with zero attached hydrogens (tertiary/aromatic N) is 1. The van der Waals surface area contributed by atoms with Crippen LogP contribution < -0.4 is 0 Å². The molecule has 12 nitrogen and oxygen atoms in total. The topological polar surface area (TPSA) is 153 Å². The molecule has 270 valence electrons. The maximum absolute atomic E-state index is 14.4. The van der Waals surface area contributed by atoms with Gasteiger partial charge in [-0.25, -0.2) is 9.59 Å². The number of aliphatic hydroxyl groups is 3. The predicted molar refractivity (Wildman–Crippen MR) is 176 cm³/mol. The SMILES string of the molecule is COC[C@]12CN(C)[C@H]3[C@@H]4[C@H](OC)[C@H]1[C@@]3([C@@H](OC)C[C@H]2O)[C@@H]1C[C@@]2(O)[C@H](OC(=O)c3ccccc3)[C@@H]1[C@]4(OC(=O)c1ccccc1)[C@@H](O)[C@@H]2OC. The van der Waals surface area contributed by atoms with Crippen LogP contribution in [0.15, 0.2) is 60.7 Å². The summed E-state index contributed by atoms with van der Waals surface area (Å²) >= 11 is 0. The number of hydrogen-bond acceptors (Lipinski definition) is 12. The van der Waals surface area contributed by atoms with Crippen molar-refractivity contribution in [3.63, 3.8) is 0 Å². The molecule has 0 unspecified atom stereocenters. The quantitative estimate of drug-likeness (QED) is 0.327. The fourth-order valence-corrected chi connectivity index (χ4v) is 12.7. The van der Waals surface area contributed by atoms with Gasteiger partial charge in [-0.05, 0) is 43.7 Å². The number of esters is 2. The Morgan fingerprint density at radius 1 is 0.860 bits per heavy atom. The molecule has 1 heterocycles. The van der Waals surface area contributed by atoms with E-state index >= 15 is 0 Å². The highest BCUT2D eigenvalue weighted by molar-refractivity contribution is 5.90. The Labute approximate surface area is 291 Å². The lowest BCUT2D eigenvalue weighted by Gasteiger charge is -2.70. The van der Waals surface area contributed by atoms with Crippen LogP contribution in [0, 0.1) is 34.5 Å². The van der Waals surface area contributed by atoms with Gasteiger partial charge in [0.2, 0.25) is 0 Å². The van der Waals surface area contributed by atoms with Gasteiger partial charge in [-0.15, -0.1) is 0 Å². The van der Waals surface area contributed by atoms with E-state index in [0.29, 0.717) is 18.5 Å². The number of hydrogen-bond donors (Lipinski definition) is 3. The van der Waals surface area contributed by atoms with E-state index in [1.54, 1.807) is 82.0 Å². The summed E-state index contributed by atoms with van der Waals surface area (Å²) in [6.45, 7) is 0.668. The van der Waals surface area contributed by atoms with Gasteiger partial charge in [-0.2, -0.15) is 0 Å². The van der Waals surface area contributed by atoms with Gasteiger partial charge in [0.25, 0.3) is 0 Å². The van der Waals surface area contributed by atoms with E-state index in [4.69, 9.17) is 28.4 Å². The fourth-order valence-electron chi connectivity index (χ4n) is 12.7. The molecule has 2 aromatic rings. The number of aliphatic hydroxyl groups excluding tert-OH is 2. The van der Waals surface area contributed by atoms with E-state index in [1.165, 1.54) is 7.11 Å². The molecule has 12 heteroatoms. The summed E-state index contributed by atoms with van der Waals surface area (Å²) in [4.78, 5) is 30.5. The predicted octanol–water partition coefficient (Wildman–Crippen LogP) is 1.55. The molecule has 0 radical (unpaired) electrons.